The number of nitrogens with zero attached hydrogens (tertiary/aromatic N) is 2. The lowest BCUT2D eigenvalue weighted by molar-refractivity contribution is -0.673. The van der Waals surface area contributed by atoms with Gasteiger partial charge in [-0.15, -0.1) is 0 Å². The zero-order valence-corrected chi connectivity index (χ0v) is 26.6. The molecule has 0 bridgehead atoms. The summed E-state index contributed by atoms with van der Waals surface area (Å²) >= 11 is 1.73. The van der Waals surface area contributed by atoms with Crippen molar-refractivity contribution in [2.24, 2.45) is 5.73 Å². The number of unbranched alkanes of at least 4 members (excludes halogenated alkanes) is 6. The van der Waals surface area contributed by atoms with Gasteiger partial charge in [-0.05, 0) is 43.2 Å². The lowest BCUT2D eigenvalue weighted by atomic mass is 9.85. The van der Waals surface area contributed by atoms with Crippen LogP contribution in [-0.4, -0.2) is 12.3 Å². The van der Waals surface area contributed by atoms with Gasteiger partial charge in [-0.2, -0.15) is 4.57 Å². The van der Waals surface area contributed by atoms with E-state index < -0.39 is 0 Å². The monoisotopic (exact) mass is 665 g/mol. The van der Waals surface area contributed by atoms with Crippen LogP contribution in [0.1, 0.15) is 70.9 Å². The largest absolute Gasteiger partial charge is 1.00 e. The minimum Gasteiger partial charge on any atom is -1.00 e. The molecule has 1 aliphatic carbocycles. The van der Waals surface area contributed by atoms with Gasteiger partial charge in [0.25, 0.3) is 0 Å². The number of aromatic nitrogens is 1. The van der Waals surface area contributed by atoms with E-state index >= 15 is 0 Å². The second-order valence-corrected chi connectivity index (χ2v) is 11.6. The number of ketones is 1. The SMILES string of the molecule is CCCCCCN1/C(=C/C2=C(N)C(=C\c3ccc4ccccc4[n+]3CCCCCC)/C2=O)Sc2ccccc21.[I-]. The number of benzene rings is 2. The number of hydrogen-bond acceptors (Lipinski definition) is 4. The molecule has 40 heavy (non-hydrogen) atoms. The number of aryl methyl sites for hydroxylation is 1. The molecule has 0 atom stereocenters. The minimum atomic E-state index is 0. The van der Waals surface area contributed by atoms with Crippen molar-refractivity contribution in [3.63, 3.8) is 0 Å². The average molecular weight is 666 g/mol. The normalized spacial score (nSPS) is 16.6. The summed E-state index contributed by atoms with van der Waals surface area (Å²) in [7, 11) is 0. The molecule has 2 N–H and O–H groups in total. The topological polar surface area (TPSA) is 50.2 Å². The quantitative estimate of drug-likeness (QED) is 0.129. The molecule has 0 fully saturated rings. The molecule has 0 spiro atoms. The number of allylic oxidation sites excluding steroid dienone is 3. The first-order chi connectivity index (χ1) is 19.1. The van der Waals surface area contributed by atoms with E-state index in [9.17, 15) is 4.79 Å². The summed E-state index contributed by atoms with van der Waals surface area (Å²) in [5.74, 6) is 0.0354. The number of fused-ring (bicyclic) bond motifs is 2. The highest BCUT2D eigenvalue weighted by molar-refractivity contribution is 8.03. The lowest BCUT2D eigenvalue weighted by Gasteiger charge is -2.24. The van der Waals surface area contributed by atoms with Gasteiger partial charge >= 0.3 is 0 Å². The standard InChI is InChI=1S/C34H39N3OS.HI/c1-3-5-7-13-21-36-26(20-19-25-15-9-10-16-29(25)36)23-27-33(35)28(34(27)38)24-32-37(22-14-8-6-4-2)30-17-11-12-18-31(30)39-32;/h9-12,15-20,23-24H,3-8,13-14,21-22H2,1-2H3,(H-,35,38);1H. The number of hydrogen-bond donors (Lipinski definition) is 1. The first kappa shape index (κ1) is 30.4. The van der Waals surface area contributed by atoms with Crippen molar-refractivity contribution in [1.82, 2.24) is 0 Å². The van der Waals surface area contributed by atoms with Gasteiger partial charge in [0, 0.05) is 47.0 Å². The maximum atomic E-state index is 13.4. The fraction of sp³-hybridized carbons (Fsp3) is 0.353. The number of halogens is 1. The molecule has 0 unspecified atom stereocenters. The third kappa shape index (κ3) is 6.49. The highest BCUT2D eigenvalue weighted by Gasteiger charge is 2.34. The second-order valence-electron chi connectivity index (χ2n) is 10.5. The molecule has 2 heterocycles. The average Bonchev–Trinajstić information content (AvgIpc) is 3.32. The predicted octanol–water partition coefficient (Wildman–Crippen LogP) is 4.92. The number of thioether (sulfide) groups is 1. The van der Waals surface area contributed by atoms with Crippen molar-refractivity contribution in [2.75, 3.05) is 11.4 Å². The van der Waals surface area contributed by atoms with Gasteiger partial charge in [0.15, 0.2) is 5.78 Å². The zero-order valence-electron chi connectivity index (χ0n) is 23.7. The summed E-state index contributed by atoms with van der Waals surface area (Å²) in [4.78, 5) is 17.0. The molecular formula is C34H40IN3OS. The number of Topliss-reactive ketones (excluding diaryl/α,β-unsaturated/α-hetero) is 1. The van der Waals surface area contributed by atoms with Crippen LogP contribution in [0.5, 0.6) is 0 Å². The van der Waals surface area contributed by atoms with E-state index in [1.165, 1.54) is 60.0 Å². The van der Waals surface area contributed by atoms with Crippen molar-refractivity contribution in [2.45, 2.75) is 76.7 Å². The Morgan fingerprint density at radius 1 is 0.850 bits per heavy atom. The summed E-state index contributed by atoms with van der Waals surface area (Å²) < 4.78 is 2.34. The van der Waals surface area contributed by atoms with Crippen LogP contribution in [0.15, 0.2) is 93.5 Å². The molecule has 2 aliphatic rings. The first-order valence-electron chi connectivity index (χ1n) is 14.6. The highest BCUT2D eigenvalue weighted by atomic mass is 127. The van der Waals surface area contributed by atoms with Crippen molar-refractivity contribution >= 4 is 40.2 Å². The molecule has 0 saturated heterocycles. The molecule has 6 heteroatoms. The second kappa shape index (κ2) is 14.4. The number of carbonyl (C=O) groups excluding carboxylic acids is 1. The number of anilines is 1. The van der Waals surface area contributed by atoms with Crippen LogP contribution in [0.25, 0.3) is 17.0 Å². The third-order valence-electron chi connectivity index (χ3n) is 7.71. The van der Waals surface area contributed by atoms with Gasteiger partial charge in [0.1, 0.15) is 6.54 Å². The number of carbonyl (C=O) groups is 1. The summed E-state index contributed by atoms with van der Waals surface area (Å²) in [6, 6.07) is 21.2. The summed E-state index contributed by atoms with van der Waals surface area (Å²) in [5, 5.41) is 2.30. The fourth-order valence-corrected chi connectivity index (χ4v) is 6.60. The van der Waals surface area contributed by atoms with Crippen LogP contribution < -0.4 is 39.2 Å². The molecule has 2 aromatic carbocycles. The number of para-hydroxylation sites is 2. The zero-order chi connectivity index (χ0) is 27.2. The van der Waals surface area contributed by atoms with E-state index in [1.807, 2.05) is 12.2 Å². The highest BCUT2D eigenvalue weighted by Crippen LogP contribution is 2.47. The minimum absolute atomic E-state index is 0. The van der Waals surface area contributed by atoms with Crippen molar-refractivity contribution < 1.29 is 33.3 Å². The Morgan fingerprint density at radius 2 is 1.57 bits per heavy atom. The van der Waals surface area contributed by atoms with Gasteiger partial charge in [0.05, 0.1) is 22.0 Å². The lowest BCUT2D eigenvalue weighted by Crippen LogP contribution is -3.00. The summed E-state index contributed by atoms with van der Waals surface area (Å²) in [6.07, 6.45) is 13.6. The third-order valence-corrected chi connectivity index (χ3v) is 8.82. The van der Waals surface area contributed by atoms with Crippen LogP contribution in [0.3, 0.4) is 0 Å². The molecule has 210 valence electrons. The van der Waals surface area contributed by atoms with E-state index in [0.29, 0.717) is 16.8 Å². The van der Waals surface area contributed by atoms with Crippen LogP contribution in [-0.2, 0) is 11.3 Å². The predicted molar refractivity (Wildman–Crippen MR) is 164 cm³/mol. The number of rotatable bonds is 12. The van der Waals surface area contributed by atoms with Crippen LogP contribution in [0.2, 0.25) is 0 Å². The smallest absolute Gasteiger partial charge is 0.212 e. The van der Waals surface area contributed by atoms with E-state index in [-0.39, 0.29) is 29.8 Å². The van der Waals surface area contributed by atoms with Gasteiger partial charge in [-0.3, -0.25) is 4.79 Å². The maximum Gasteiger partial charge on any atom is 0.212 e. The van der Waals surface area contributed by atoms with E-state index in [4.69, 9.17) is 5.73 Å². The fourth-order valence-electron chi connectivity index (χ4n) is 5.47. The van der Waals surface area contributed by atoms with E-state index in [0.717, 1.165) is 36.7 Å². The Labute approximate surface area is 260 Å². The number of nitrogens with two attached hydrogens (primary N) is 1. The molecule has 1 aliphatic heterocycles. The van der Waals surface area contributed by atoms with Crippen molar-refractivity contribution in [3.05, 3.63) is 94.3 Å². The Morgan fingerprint density at radius 3 is 2.35 bits per heavy atom. The first-order valence-corrected chi connectivity index (χ1v) is 15.4. The Bertz CT molecular complexity index is 1460. The van der Waals surface area contributed by atoms with E-state index in [2.05, 4.69) is 84.0 Å². The van der Waals surface area contributed by atoms with E-state index in [1.54, 1.807) is 11.8 Å². The molecule has 4 nitrogen and oxygen atoms in total. The Balaban J connectivity index is 0.00000370. The van der Waals surface area contributed by atoms with Gasteiger partial charge in [-0.1, -0.05) is 82.0 Å². The maximum absolute atomic E-state index is 13.4. The molecule has 0 saturated carbocycles. The molecule has 1 aromatic heterocycles. The van der Waals surface area contributed by atoms with Crippen molar-refractivity contribution in [1.29, 1.82) is 0 Å². The molecular weight excluding hydrogens is 625 g/mol. The molecule has 0 radical (unpaired) electrons. The molecule has 5 rings (SSSR count). The van der Waals surface area contributed by atoms with Crippen LogP contribution in [0.4, 0.5) is 5.69 Å². The summed E-state index contributed by atoms with van der Waals surface area (Å²) in [6.45, 7) is 6.35. The van der Waals surface area contributed by atoms with Crippen LogP contribution >= 0.6 is 11.8 Å². The summed E-state index contributed by atoms with van der Waals surface area (Å²) in [5.41, 5.74) is 11.9. The van der Waals surface area contributed by atoms with Crippen molar-refractivity contribution in [3.8, 4) is 0 Å². The van der Waals surface area contributed by atoms with Gasteiger partial charge in [-0.25, -0.2) is 0 Å². The molecule has 0 amide bonds. The van der Waals surface area contributed by atoms with Gasteiger partial charge < -0.3 is 34.6 Å². The Kier molecular flexibility index (Phi) is 10.9. The molecule has 3 aromatic rings. The van der Waals surface area contributed by atoms with Crippen LogP contribution in [0, 0.1) is 0 Å². The number of pyridine rings is 1. The Hall–Kier alpha value is -2.58. The van der Waals surface area contributed by atoms with Gasteiger partial charge in [0.2, 0.25) is 11.2 Å².